The Balaban J connectivity index is 3.57. The van der Waals surface area contributed by atoms with Gasteiger partial charge in [-0.15, -0.1) is 0 Å². The summed E-state index contributed by atoms with van der Waals surface area (Å²) in [6.45, 7) is 4.22. The summed E-state index contributed by atoms with van der Waals surface area (Å²) in [5.41, 5.74) is 0. The third kappa shape index (κ3) is 44.3. The average Bonchev–Trinajstić information content (AvgIpc) is 3.22. The largest absolute Gasteiger partial charge is 0.394 e. The lowest BCUT2D eigenvalue weighted by Gasteiger charge is -2.22. The minimum atomic E-state index is -0.664. The molecule has 0 aliphatic heterocycles. The minimum absolute atomic E-state index is 0.0423. The molecule has 1 amide bonds. The van der Waals surface area contributed by atoms with Crippen LogP contribution in [0.5, 0.6) is 0 Å². The first kappa shape index (κ1) is 54.3. The van der Waals surface area contributed by atoms with E-state index in [4.69, 9.17) is 0 Å². The molecule has 0 aliphatic carbocycles. The van der Waals surface area contributed by atoms with E-state index in [9.17, 15) is 15.0 Å². The van der Waals surface area contributed by atoms with E-state index >= 15 is 0 Å². The maximum Gasteiger partial charge on any atom is 0.220 e. The minimum Gasteiger partial charge on any atom is -0.394 e. The van der Waals surface area contributed by atoms with E-state index in [1.54, 1.807) is 0 Å². The molecule has 4 heteroatoms. The normalized spacial score (nSPS) is 13.8. The zero-order valence-electron chi connectivity index (χ0n) is 37.3. The Labute approximate surface area is 353 Å². The Morgan fingerprint density at radius 3 is 1.16 bits per heavy atom. The van der Waals surface area contributed by atoms with Crippen LogP contribution in [0.2, 0.25) is 0 Å². The summed E-state index contributed by atoms with van der Waals surface area (Å²) in [6.07, 6.45) is 70.7. The number of aliphatic hydroxyl groups excluding tert-OH is 2. The molecule has 2 unspecified atom stereocenters. The first-order chi connectivity index (χ1) is 28.2. The summed E-state index contributed by atoms with van der Waals surface area (Å²) in [5, 5.41) is 23.1. The first-order valence-corrected chi connectivity index (χ1v) is 23.9. The highest BCUT2D eigenvalue weighted by Crippen LogP contribution is 2.15. The van der Waals surface area contributed by atoms with Crippen LogP contribution in [0, 0.1) is 0 Å². The van der Waals surface area contributed by atoms with Gasteiger partial charge in [-0.05, 0) is 77.0 Å². The number of hydrogen-bond donors (Lipinski definition) is 3. The van der Waals surface area contributed by atoms with Crippen molar-refractivity contribution in [2.45, 2.75) is 225 Å². The van der Waals surface area contributed by atoms with Crippen LogP contribution in [0.25, 0.3) is 0 Å². The molecular weight excluding hydrogens is 699 g/mol. The summed E-state index contributed by atoms with van der Waals surface area (Å²) >= 11 is 0. The zero-order valence-corrected chi connectivity index (χ0v) is 37.3. The topological polar surface area (TPSA) is 69.6 Å². The van der Waals surface area contributed by atoms with Gasteiger partial charge in [-0.25, -0.2) is 0 Å². The Morgan fingerprint density at radius 1 is 0.439 bits per heavy atom. The van der Waals surface area contributed by atoms with E-state index in [1.807, 2.05) is 0 Å². The van der Waals surface area contributed by atoms with Crippen molar-refractivity contribution < 1.29 is 15.0 Å². The van der Waals surface area contributed by atoms with Crippen molar-refractivity contribution in [3.63, 3.8) is 0 Å². The van der Waals surface area contributed by atoms with Crippen molar-refractivity contribution in [2.75, 3.05) is 6.61 Å². The van der Waals surface area contributed by atoms with Crippen LogP contribution in [-0.2, 0) is 4.79 Å². The predicted octanol–water partition coefficient (Wildman–Crippen LogP) is 15.4. The summed E-state index contributed by atoms with van der Waals surface area (Å²) in [4.78, 5) is 12.4. The number of aliphatic hydroxyl groups is 2. The number of rotatable bonds is 42. The van der Waals surface area contributed by atoms with E-state index < -0.39 is 12.1 Å². The van der Waals surface area contributed by atoms with Gasteiger partial charge < -0.3 is 15.5 Å². The lowest BCUT2D eigenvalue weighted by Crippen LogP contribution is -2.45. The van der Waals surface area contributed by atoms with Crippen LogP contribution in [0.4, 0.5) is 0 Å². The molecule has 0 radical (unpaired) electrons. The first-order valence-electron chi connectivity index (χ1n) is 23.9. The van der Waals surface area contributed by atoms with E-state index in [1.165, 1.54) is 109 Å². The molecule has 0 fully saturated rings. The summed E-state index contributed by atoms with van der Waals surface area (Å²) < 4.78 is 0. The summed E-state index contributed by atoms with van der Waals surface area (Å²) in [7, 11) is 0. The van der Waals surface area contributed by atoms with Gasteiger partial charge in [0.2, 0.25) is 5.91 Å². The zero-order chi connectivity index (χ0) is 41.4. The van der Waals surface area contributed by atoms with E-state index in [0.717, 1.165) is 77.0 Å². The number of amides is 1. The van der Waals surface area contributed by atoms with Gasteiger partial charge in [0.05, 0.1) is 18.8 Å². The Hall–Kier alpha value is -2.69. The van der Waals surface area contributed by atoms with Crippen LogP contribution in [0.3, 0.4) is 0 Å². The fourth-order valence-corrected chi connectivity index (χ4v) is 6.73. The van der Waals surface area contributed by atoms with Crippen LogP contribution >= 0.6 is 0 Å². The molecule has 0 heterocycles. The standard InChI is InChI=1S/C53H91NO3/c1-3-5-7-9-11-13-15-16-17-18-19-20-21-22-23-24-25-26-27-28-29-30-31-32-33-34-35-36-37-38-39-41-43-45-47-49-53(57)54-51(50-55)52(56)48-46-44-42-40-14-12-10-8-6-4-2/h5,7,11,13,16-17,19-20,22-23,25-26,28-29,31-32,51-52,55-56H,3-4,6,8-10,12,14-15,18,21,24,27,30,33-50H2,1-2H3,(H,54,57)/b7-5-,13-11-,17-16-,20-19-,23-22-,26-25-,29-28-,32-31-. The molecule has 4 nitrogen and oxygen atoms in total. The quantitative estimate of drug-likeness (QED) is 0.0426. The van der Waals surface area contributed by atoms with E-state index in [0.29, 0.717) is 12.8 Å². The number of nitrogens with one attached hydrogen (secondary N) is 1. The van der Waals surface area contributed by atoms with Crippen molar-refractivity contribution in [3.8, 4) is 0 Å². The molecule has 0 saturated carbocycles. The summed E-state index contributed by atoms with van der Waals surface area (Å²) in [6, 6.07) is -0.542. The van der Waals surface area contributed by atoms with Gasteiger partial charge >= 0.3 is 0 Å². The van der Waals surface area contributed by atoms with Crippen molar-refractivity contribution in [3.05, 3.63) is 97.2 Å². The molecular formula is C53H91NO3. The molecule has 57 heavy (non-hydrogen) atoms. The molecule has 0 aromatic rings. The Morgan fingerprint density at radius 2 is 0.772 bits per heavy atom. The third-order valence-corrected chi connectivity index (χ3v) is 10.4. The molecule has 0 aliphatic rings. The second kappa shape index (κ2) is 47.7. The van der Waals surface area contributed by atoms with Gasteiger partial charge in [0.15, 0.2) is 0 Å². The third-order valence-electron chi connectivity index (χ3n) is 10.4. The van der Waals surface area contributed by atoms with E-state index in [-0.39, 0.29) is 12.5 Å². The van der Waals surface area contributed by atoms with Crippen molar-refractivity contribution in [2.24, 2.45) is 0 Å². The number of allylic oxidation sites excluding steroid dienone is 16. The predicted molar refractivity (Wildman–Crippen MR) is 253 cm³/mol. The molecule has 0 aromatic heterocycles. The monoisotopic (exact) mass is 790 g/mol. The van der Waals surface area contributed by atoms with Gasteiger partial charge in [0, 0.05) is 6.42 Å². The highest BCUT2D eigenvalue weighted by molar-refractivity contribution is 5.76. The molecule has 3 N–H and O–H groups in total. The molecule has 0 aromatic carbocycles. The molecule has 0 spiro atoms. The van der Waals surface area contributed by atoms with Gasteiger partial charge in [0.25, 0.3) is 0 Å². The van der Waals surface area contributed by atoms with Gasteiger partial charge in [0.1, 0.15) is 0 Å². The molecule has 0 saturated heterocycles. The number of carbonyl (C=O) groups is 1. The highest BCUT2D eigenvalue weighted by Gasteiger charge is 2.20. The van der Waals surface area contributed by atoms with Gasteiger partial charge in [-0.2, -0.15) is 0 Å². The van der Waals surface area contributed by atoms with E-state index in [2.05, 4.69) is 116 Å². The van der Waals surface area contributed by atoms with Crippen LogP contribution in [-0.4, -0.2) is 34.9 Å². The highest BCUT2D eigenvalue weighted by atomic mass is 16.3. The average molecular weight is 790 g/mol. The second-order valence-electron chi connectivity index (χ2n) is 15.8. The fourth-order valence-electron chi connectivity index (χ4n) is 6.73. The Bertz CT molecular complexity index is 1080. The fraction of sp³-hybridized carbons (Fsp3) is 0.679. The van der Waals surface area contributed by atoms with Gasteiger partial charge in [-0.3, -0.25) is 4.79 Å². The number of unbranched alkanes of at least 4 members (excludes halogenated alkanes) is 19. The molecule has 0 bridgehead atoms. The number of carbonyl (C=O) groups excluding carboxylic acids is 1. The molecule has 0 rings (SSSR count). The number of hydrogen-bond acceptors (Lipinski definition) is 3. The Kier molecular flexibility index (Phi) is 45.4. The van der Waals surface area contributed by atoms with Crippen molar-refractivity contribution in [1.82, 2.24) is 5.32 Å². The van der Waals surface area contributed by atoms with Crippen LogP contribution < -0.4 is 5.32 Å². The second-order valence-corrected chi connectivity index (χ2v) is 15.8. The van der Waals surface area contributed by atoms with Crippen LogP contribution in [0.1, 0.15) is 213 Å². The lowest BCUT2D eigenvalue weighted by atomic mass is 10.0. The molecule has 326 valence electrons. The van der Waals surface area contributed by atoms with Crippen LogP contribution in [0.15, 0.2) is 97.2 Å². The molecule has 2 atom stereocenters. The van der Waals surface area contributed by atoms with Crippen molar-refractivity contribution >= 4 is 5.91 Å². The lowest BCUT2D eigenvalue weighted by molar-refractivity contribution is -0.123. The van der Waals surface area contributed by atoms with Gasteiger partial charge in [-0.1, -0.05) is 227 Å². The maximum atomic E-state index is 12.4. The maximum absolute atomic E-state index is 12.4. The summed E-state index contributed by atoms with van der Waals surface area (Å²) in [5.74, 6) is -0.0423. The smallest absolute Gasteiger partial charge is 0.220 e. The van der Waals surface area contributed by atoms with Crippen molar-refractivity contribution in [1.29, 1.82) is 0 Å². The SMILES string of the molecule is CC/C=C\C/C=C\C/C=C\C/C=C\C/C=C\C/C=C\C/C=C\C/C=C\CCCCCCCCCCCCC(=O)NC(CO)C(O)CCCCCCCCCCCC.